The topological polar surface area (TPSA) is 71.3 Å². The van der Waals surface area contributed by atoms with E-state index >= 15 is 0 Å². The van der Waals surface area contributed by atoms with Crippen molar-refractivity contribution in [2.24, 2.45) is 0 Å². The molecule has 1 amide bonds. The second-order valence-electron chi connectivity index (χ2n) is 5.26. The van der Waals surface area contributed by atoms with Crippen molar-refractivity contribution < 1.29 is 14.3 Å². The maximum absolute atomic E-state index is 12.3. The van der Waals surface area contributed by atoms with Gasteiger partial charge in [0.2, 0.25) is 0 Å². The molecule has 1 aromatic carbocycles. The average Bonchev–Trinajstić information content (AvgIpc) is 2.55. The van der Waals surface area contributed by atoms with Crippen molar-refractivity contribution in [3.05, 3.63) is 23.8 Å². The number of nitriles is 1. The molecule has 0 aromatic heterocycles. The van der Waals surface area contributed by atoms with Crippen molar-refractivity contribution in [1.82, 2.24) is 0 Å². The smallest absolute Gasteiger partial charge is 0.256 e. The molecular weight excluding hydrogens is 280 g/mol. The molecule has 1 rings (SSSR count). The van der Waals surface area contributed by atoms with E-state index in [0.717, 1.165) is 12.8 Å². The number of nitrogens with zero attached hydrogens (tertiary/aromatic N) is 1. The normalized spacial score (nSPS) is 13.0. The van der Waals surface area contributed by atoms with Gasteiger partial charge in [-0.1, -0.05) is 20.3 Å². The summed E-state index contributed by atoms with van der Waals surface area (Å²) >= 11 is 0. The lowest BCUT2D eigenvalue weighted by molar-refractivity contribution is -0.136. The van der Waals surface area contributed by atoms with Crippen LogP contribution in [0.25, 0.3) is 0 Å². The highest BCUT2D eigenvalue weighted by Crippen LogP contribution is 2.24. The van der Waals surface area contributed by atoms with Crippen molar-refractivity contribution in [3.63, 3.8) is 0 Å². The molecule has 22 heavy (non-hydrogen) atoms. The summed E-state index contributed by atoms with van der Waals surface area (Å²) in [5.41, 5.74) is -0.0767. The van der Waals surface area contributed by atoms with Crippen LogP contribution in [0.3, 0.4) is 0 Å². The van der Waals surface area contributed by atoms with E-state index in [1.165, 1.54) is 7.11 Å². The molecule has 0 aliphatic carbocycles. The summed E-state index contributed by atoms with van der Waals surface area (Å²) < 4.78 is 10.8. The van der Waals surface area contributed by atoms with Crippen molar-refractivity contribution in [2.45, 2.75) is 45.6 Å². The third-order valence-electron chi connectivity index (χ3n) is 3.73. The highest BCUT2D eigenvalue weighted by atomic mass is 16.5. The molecule has 0 saturated heterocycles. The summed E-state index contributed by atoms with van der Waals surface area (Å²) in [7, 11) is 1.50. The number of amides is 1. The maximum atomic E-state index is 12.3. The monoisotopic (exact) mass is 304 g/mol. The minimum atomic E-state index is -0.914. The summed E-state index contributed by atoms with van der Waals surface area (Å²) in [6.45, 7) is 6.30. The number of methoxy groups -OCH3 is 1. The van der Waals surface area contributed by atoms with Crippen molar-refractivity contribution >= 4 is 11.6 Å². The molecule has 0 aliphatic rings. The molecule has 0 saturated carbocycles. The fraction of sp³-hybridized carbons (Fsp3) is 0.529. The van der Waals surface area contributed by atoms with Crippen LogP contribution in [0.1, 0.15) is 45.6 Å². The van der Waals surface area contributed by atoms with Gasteiger partial charge in [0.1, 0.15) is 17.4 Å². The third kappa shape index (κ3) is 4.47. The van der Waals surface area contributed by atoms with Gasteiger partial charge in [0, 0.05) is 7.11 Å². The first kappa shape index (κ1) is 18.0. The number of anilines is 1. The molecule has 5 heteroatoms. The van der Waals surface area contributed by atoms with Crippen LogP contribution in [-0.2, 0) is 9.53 Å². The first-order valence-corrected chi connectivity index (χ1v) is 7.54. The van der Waals surface area contributed by atoms with E-state index in [1.807, 2.05) is 6.92 Å². The largest absolute Gasteiger partial charge is 0.494 e. The van der Waals surface area contributed by atoms with E-state index in [1.54, 1.807) is 25.1 Å². The highest BCUT2D eigenvalue weighted by molar-refractivity contribution is 5.98. The van der Waals surface area contributed by atoms with E-state index in [-0.39, 0.29) is 5.91 Å². The lowest BCUT2D eigenvalue weighted by Crippen LogP contribution is -2.41. The molecule has 0 bridgehead atoms. The molecule has 0 radical (unpaired) electrons. The molecule has 0 fully saturated rings. The number of nitrogens with one attached hydrogen (secondary N) is 1. The molecular formula is C17H24N2O3. The molecule has 0 aliphatic heterocycles. The van der Waals surface area contributed by atoms with E-state index in [4.69, 9.17) is 9.47 Å². The molecule has 0 unspecified atom stereocenters. The van der Waals surface area contributed by atoms with Crippen LogP contribution in [-0.4, -0.2) is 25.2 Å². The van der Waals surface area contributed by atoms with Crippen LogP contribution < -0.4 is 10.1 Å². The number of unbranched alkanes of at least 4 members (excludes halogenated alkanes) is 1. The second-order valence-corrected chi connectivity index (χ2v) is 5.26. The van der Waals surface area contributed by atoms with Gasteiger partial charge in [-0.05, 0) is 38.0 Å². The summed E-state index contributed by atoms with van der Waals surface area (Å²) in [4.78, 5) is 12.3. The number of carbonyl (C=O) groups excluding carboxylic acids is 1. The number of hydrogen-bond donors (Lipinski definition) is 1. The first-order valence-electron chi connectivity index (χ1n) is 7.54. The fourth-order valence-electron chi connectivity index (χ4n) is 1.80. The van der Waals surface area contributed by atoms with Crippen LogP contribution in [0, 0.1) is 11.3 Å². The van der Waals surface area contributed by atoms with E-state index < -0.39 is 5.60 Å². The Hall–Kier alpha value is -2.06. The third-order valence-corrected chi connectivity index (χ3v) is 3.73. The van der Waals surface area contributed by atoms with Crippen molar-refractivity contribution in [3.8, 4) is 11.8 Å². The summed E-state index contributed by atoms with van der Waals surface area (Å²) in [5, 5.41) is 12.0. The summed E-state index contributed by atoms with van der Waals surface area (Å²) in [5.74, 6) is 0.363. The van der Waals surface area contributed by atoms with Gasteiger partial charge >= 0.3 is 0 Å². The number of ether oxygens (including phenoxy) is 2. The lowest BCUT2D eigenvalue weighted by Gasteiger charge is -2.25. The molecule has 1 aromatic rings. The van der Waals surface area contributed by atoms with Crippen LogP contribution >= 0.6 is 0 Å². The zero-order valence-corrected chi connectivity index (χ0v) is 13.7. The number of benzene rings is 1. The van der Waals surface area contributed by atoms with Gasteiger partial charge in [-0.2, -0.15) is 5.26 Å². The van der Waals surface area contributed by atoms with Gasteiger partial charge in [0.05, 0.1) is 17.9 Å². The van der Waals surface area contributed by atoms with Crippen LogP contribution in [0.15, 0.2) is 18.2 Å². The standard InChI is InChI=1S/C17H24N2O3/c1-5-7-10-22-14-8-9-15(13(11-14)12-18)19-16(20)17(3,6-2)21-4/h8-9,11H,5-7,10H2,1-4H3,(H,19,20)/t17-/m1/s1. The number of rotatable bonds is 8. The Morgan fingerprint density at radius 3 is 2.68 bits per heavy atom. The van der Waals surface area contributed by atoms with E-state index in [9.17, 15) is 10.1 Å². The Bertz CT molecular complexity index is 545. The highest BCUT2D eigenvalue weighted by Gasteiger charge is 2.31. The Morgan fingerprint density at radius 1 is 1.41 bits per heavy atom. The Morgan fingerprint density at radius 2 is 2.14 bits per heavy atom. The predicted molar refractivity (Wildman–Crippen MR) is 85.9 cm³/mol. The average molecular weight is 304 g/mol. The molecule has 1 atom stereocenters. The lowest BCUT2D eigenvalue weighted by atomic mass is 10.0. The van der Waals surface area contributed by atoms with Crippen LogP contribution in [0.2, 0.25) is 0 Å². The van der Waals surface area contributed by atoms with Gasteiger partial charge in [-0.25, -0.2) is 0 Å². The van der Waals surface area contributed by atoms with Gasteiger partial charge in [0.15, 0.2) is 0 Å². The molecule has 0 spiro atoms. The van der Waals surface area contributed by atoms with Gasteiger partial charge in [0.25, 0.3) is 5.91 Å². The maximum Gasteiger partial charge on any atom is 0.256 e. The van der Waals surface area contributed by atoms with E-state index in [2.05, 4.69) is 18.3 Å². The van der Waals surface area contributed by atoms with Crippen molar-refractivity contribution in [2.75, 3.05) is 19.0 Å². The molecule has 5 nitrogen and oxygen atoms in total. The van der Waals surface area contributed by atoms with Gasteiger partial charge in [-0.3, -0.25) is 4.79 Å². The minimum absolute atomic E-state index is 0.270. The SMILES string of the molecule is CCCCOc1ccc(NC(=O)[C@@](C)(CC)OC)c(C#N)c1. The van der Waals surface area contributed by atoms with Gasteiger partial charge in [-0.15, -0.1) is 0 Å². The first-order chi connectivity index (χ1) is 10.5. The number of hydrogen-bond acceptors (Lipinski definition) is 4. The van der Waals surface area contributed by atoms with Crippen LogP contribution in [0.5, 0.6) is 5.75 Å². The van der Waals surface area contributed by atoms with E-state index in [0.29, 0.717) is 30.0 Å². The second kappa shape index (κ2) is 8.40. The Labute approximate surface area is 132 Å². The predicted octanol–water partition coefficient (Wildman–Crippen LogP) is 3.49. The quantitative estimate of drug-likeness (QED) is 0.746. The minimum Gasteiger partial charge on any atom is -0.494 e. The Balaban J connectivity index is 2.88. The van der Waals surface area contributed by atoms with Crippen LogP contribution in [0.4, 0.5) is 5.69 Å². The zero-order valence-electron chi connectivity index (χ0n) is 13.7. The fourth-order valence-corrected chi connectivity index (χ4v) is 1.80. The Kier molecular flexibility index (Phi) is 6.87. The zero-order chi connectivity index (χ0) is 16.6. The molecule has 1 N–H and O–H groups in total. The van der Waals surface area contributed by atoms with Crippen molar-refractivity contribution in [1.29, 1.82) is 5.26 Å². The molecule has 120 valence electrons. The van der Waals surface area contributed by atoms with Gasteiger partial charge < -0.3 is 14.8 Å². The summed E-state index contributed by atoms with van der Waals surface area (Å²) in [6, 6.07) is 7.16. The number of carbonyl (C=O) groups is 1. The summed E-state index contributed by atoms with van der Waals surface area (Å²) in [6.07, 6.45) is 2.55. The molecule has 0 heterocycles.